The predicted octanol–water partition coefficient (Wildman–Crippen LogP) is 2.05. The van der Waals surface area contributed by atoms with Crippen LogP contribution in [0.15, 0.2) is 6.07 Å². The minimum Gasteiger partial charge on any atom is -0.396 e. The van der Waals surface area contributed by atoms with Crippen LogP contribution in [0, 0.1) is 0 Å². The molecule has 8 heteroatoms. The summed E-state index contributed by atoms with van der Waals surface area (Å²) in [7, 11) is 0. The summed E-state index contributed by atoms with van der Waals surface area (Å²) in [5.74, 6) is 0.739. The number of pyridine rings is 1. The lowest BCUT2D eigenvalue weighted by molar-refractivity contribution is 0.122. The molecule has 2 aromatic rings. The third-order valence-electron chi connectivity index (χ3n) is 4.39. The number of nitrogen functional groups attached to an aromatic ring is 1. The van der Waals surface area contributed by atoms with E-state index in [2.05, 4.69) is 19.8 Å². The Morgan fingerprint density at radius 3 is 2.61 bits per heavy atom. The molecule has 2 saturated heterocycles. The third-order valence-corrected chi connectivity index (χ3v) is 5.44. The fourth-order valence-electron chi connectivity index (χ4n) is 3.06. The summed E-state index contributed by atoms with van der Waals surface area (Å²) < 4.78 is 19.7. The third kappa shape index (κ3) is 2.92. The van der Waals surface area contributed by atoms with E-state index < -0.39 is 6.17 Å². The van der Waals surface area contributed by atoms with Gasteiger partial charge in [-0.05, 0) is 18.9 Å². The van der Waals surface area contributed by atoms with Gasteiger partial charge in [0.05, 0.1) is 23.6 Å². The fraction of sp³-hybridized carbons (Fsp3) is 0.600. The second kappa shape index (κ2) is 6.09. The Balaban J connectivity index is 1.63. The van der Waals surface area contributed by atoms with Crippen LogP contribution in [0.1, 0.15) is 12.8 Å². The zero-order valence-electron chi connectivity index (χ0n) is 12.9. The molecule has 0 aromatic carbocycles. The maximum absolute atomic E-state index is 13.3. The van der Waals surface area contributed by atoms with E-state index in [9.17, 15) is 4.39 Å². The Kier molecular flexibility index (Phi) is 3.94. The summed E-state index contributed by atoms with van der Waals surface area (Å²) in [5, 5.41) is 0.967. The Morgan fingerprint density at radius 1 is 1.13 bits per heavy atom. The lowest BCUT2D eigenvalue weighted by Crippen LogP contribution is -2.36. The molecule has 6 nitrogen and oxygen atoms in total. The number of nitrogens with zero attached hydrogens (tertiary/aromatic N) is 4. The molecule has 0 aliphatic carbocycles. The number of nitrogens with two attached hydrogens (primary N) is 1. The molecule has 0 bridgehead atoms. The van der Waals surface area contributed by atoms with Gasteiger partial charge in [-0.1, -0.05) is 11.3 Å². The van der Waals surface area contributed by atoms with Gasteiger partial charge in [-0.2, -0.15) is 4.98 Å². The molecule has 0 spiro atoms. The van der Waals surface area contributed by atoms with Crippen molar-refractivity contribution in [2.24, 2.45) is 0 Å². The van der Waals surface area contributed by atoms with Crippen LogP contribution in [-0.4, -0.2) is 55.5 Å². The number of aromatic nitrogens is 2. The molecule has 2 fully saturated rings. The van der Waals surface area contributed by atoms with Crippen LogP contribution >= 0.6 is 11.3 Å². The monoisotopic (exact) mass is 337 g/mol. The topological polar surface area (TPSA) is 67.5 Å². The second-order valence-electron chi connectivity index (χ2n) is 5.98. The molecule has 0 radical (unpaired) electrons. The number of alkyl halides is 1. The zero-order chi connectivity index (χ0) is 15.8. The number of hydrogen-bond acceptors (Lipinski definition) is 7. The molecule has 0 unspecified atom stereocenters. The van der Waals surface area contributed by atoms with E-state index in [1.807, 2.05) is 6.07 Å². The molecule has 0 saturated carbocycles. The van der Waals surface area contributed by atoms with E-state index in [1.54, 1.807) is 11.3 Å². The quantitative estimate of drug-likeness (QED) is 0.905. The fourth-order valence-corrected chi connectivity index (χ4v) is 4.07. The molecule has 0 amide bonds. The normalized spacial score (nSPS) is 20.4. The first-order valence-corrected chi connectivity index (χ1v) is 8.81. The van der Waals surface area contributed by atoms with Gasteiger partial charge < -0.3 is 20.3 Å². The summed E-state index contributed by atoms with van der Waals surface area (Å²) in [6.07, 6.45) is 0.369. The minimum absolute atomic E-state index is 0.537. The first kappa shape index (κ1) is 14.9. The second-order valence-corrected chi connectivity index (χ2v) is 6.99. The molecule has 124 valence electrons. The van der Waals surface area contributed by atoms with Crippen molar-refractivity contribution < 1.29 is 9.13 Å². The molecule has 2 aliphatic heterocycles. The van der Waals surface area contributed by atoms with Crippen LogP contribution in [0.25, 0.3) is 10.3 Å². The number of piperidine rings is 1. The number of thiazole rings is 1. The number of halogens is 1. The summed E-state index contributed by atoms with van der Waals surface area (Å²) in [5.41, 5.74) is 7.56. The number of ether oxygens (including phenoxy) is 1. The molecule has 2 aromatic heterocycles. The molecule has 2 N–H and O–H groups in total. The van der Waals surface area contributed by atoms with E-state index >= 15 is 0 Å². The molecule has 2 aliphatic rings. The average Bonchev–Trinajstić information content (AvgIpc) is 2.98. The standard InChI is InChI=1S/C15H20FN5OS/c16-10-1-3-20(4-2-10)14-11(17)9-12-13(18-14)19-15(23-12)21-5-7-22-8-6-21/h9-10H,1-8,17H2. The molecule has 0 atom stereocenters. The van der Waals surface area contributed by atoms with Gasteiger partial charge in [-0.25, -0.2) is 9.37 Å². The van der Waals surface area contributed by atoms with Crippen molar-refractivity contribution in [1.82, 2.24) is 9.97 Å². The van der Waals surface area contributed by atoms with Crippen molar-refractivity contribution >= 4 is 38.3 Å². The number of fused-ring (bicyclic) bond motifs is 1. The van der Waals surface area contributed by atoms with Gasteiger partial charge in [0.15, 0.2) is 16.6 Å². The lowest BCUT2D eigenvalue weighted by Gasteiger charge is -2.30. The van der Waals surface area contributed by atoms with Gasteiger partial charge in [-0.15, -0.1) is 0 Å². The van der Waals surface area contributed by atoms with Crippen molar-refractivity contribution in [2.45, 2.75) is 19.0 Å². The Bertz CT molecular complexity index is 694. The van der Waals surface area contributed by atoms with Crippen LogP contribution in [0.5, 0.6) is 0 Å². The van der Waals surface area contributed by atoms with Gasteiger partial charge in [-0.3, -0.25) is 0 Å². The average molecular weight is 337 g/mol. The molecular weight excluding hydrogens is 317 g/mol. The van der Waals surface area contributed by atoms with Crippen molar-refractivity contribution in [3.05, 3.63) is 6.07 Å². The highest BCUT2D eigenvalue weighted by molar-refractivity contribution is 7.22. The van der Waals surface area contributed by atoms with Crippen LogP contribution in [-0.2, 0) is 4.74 Å². The van der Waals surface area contributed by atoms with E-state index in [-0.39, 0.29) is 0 Å². The van der Waals surface area contributed by atoms with Crippen molar-refractivity contribution in [2.75, 3.05) is 54.9 Å². The first-order valence-electron chi connectivity index (χ1n) is 7.99. The SMILES string of the molecule is Nc1cc2sc(N3CCOCC3)nc2nc1N1CCC(F)CC1. The Morgan fingerprint density at radius 2 is 1.87 bits per heavy atom. The van der Waals surface area contributed by atoms with Crippen molar-refractivity contribution in [3.63, 3.8) is 0 Å². The van der Waals surface area contributed by atoms with Crippen molar-refractivity contribution in [1.29, 1.82) is 0 Å². The zero-order valence-corrected chi connectivity index (χ0v) is 13.7. The lowest BCUT2D eigenvalue weighted by atomic mass is 10.1. The summed E-state index contributed by atoms with van der Waals surface area (Å²) in [4.78, 5) is 13.6. The molecule has 4 rings (SSSR count). The summed E-state index contributed by atoms with van der Waals surface area (Å²) >= 11 is 1.61. The van der Waals surface area contributed by atoms with E-state index in [0.717, 1.165) is 47.6 Å². The van der Waals surface area contributed by atoms with Gasteiger partial charge in [0.1, 0.15) is 6.17 Å². The number of hydrogen-bond donors (Lipinski definition) is 1. The van der Waals surface area contributed by atoms with Gasteiger partial charge >= 0.3 is 0 Å². The summed E-state index contributed by atoms with van der Waals surface area (Å²) in [6.45, 7) is 4.48. The molecule has 23 heavy (non-hydrogen) atoms. The van der Waals surface area contributed by atoms with Gasteiger partial charge in [0, 0.05) is 26.2 Å². The molecule has 4 heterocycles. The Hall–Kier alpha value is -1.67. The van der Waals surface area contributed by atoms with E-state index in [0.29, 0.717) is 31.6 Å². The van der Waals surface area contributed by atoms with Gasteiger partial charge in [0.25, 0.3) is 0 Å². The first-order chi connectivity index (χ1) is 11.2. The van der Waals surface area contributed by atoms with Crippen molar-refractivity contribution in [3.8, 4) is 0 Å². The van der Waals surface area contributed by atoms with E-state index in [1.165, 1.54) is 0 Å². The highest BCUT2D eigenvalue weighted by Crippen LogP contribution is 2.34. The maximum atomic E-state index is 13.3. The highest BCUT2D eigenvalue weighted by atomic mass is 32.1. The van der Waals surface area contributed by atoms with Crippen LogP contribution < -0.4 is 15.5 Å². The molecular formula is C15H20FN5OS. The van der Waals surface area contributed by atoms with Gasteiger partial charge in [0.2, 0.25) is 0 Å². The van der Waals surface area contributed by atoms with Crippen LogP contribution in [0.3, 0.4) is 0 Å². The smallest absolute Gasteiger partial charge is 0.188 e. The number of anilines is 3. The summed E-state index contributed by atoms with van der Waals surface area (Å²) in [6, 6.07) is 1.95. The predicted molar refractivity (Wildman–Crippen MR) is 91.2 cm³/mol. The van der Waals surface area contributed by atoms with E-state index in [4.69, 9.17) is 10.5 Å². The minimum atomic E-state index is -0.705. The largest absolute Gasteiger partial charge is 0.396 e. The Labute approximate surface area is 138 Å². The number of morpholine rings is 1. The maximum Gasteiger partial charge on any atom is 0.188 e. The number of rotatable bonds is 2. The highest BCUT2D eigenvalue weighted by Gasteiger charge is 2.23. The van der Waals surface area contributed by atoms with Crippen LogP contribution in [0.2, 0.25) is 0 Å². The van der Waals surface area contributed by atoms with Crippen LogP contribution in [0.4, 0.5) is 21.0 Å².